The van der Waals surface area contributed by atoms with E-state index in [1.165, 1.54) is 44.9 Å². The Morgan fingerprint density at radius 1 is 1.19 bits per heavy atom. The Morgan fingerprint density at radius 2 is 1.81 bits per heavy atom. The lowest BCUT2D eigenvalue weighted by molar-refractivity contribution is 0.409. The predicted octanol–water partition coefficient (Wildman–Crippen LogP) is 3.87. The average molecular weight is 352 g/mol. The Hall–Kier alpha value is 0.190. The van der Waals surface area contributed by atoms with Gasteiger partial charge in [-0.1, -0.05) is 69.4 Å². The molecule has 0 spiro atoms. The summed E-state index contributed by atoms with van der Waals surface area (Å²) in [6.45, 7) is 2.24. The second kappa shape index (κ2) is 10.1. The van der Waals surface area contributed by atoms with Crippen molar-refractivity contribution < 1.29 is 8.42 Å². The summed E-state index contributed by atoms with van der Waals surface area (Å²) in [5.41, 5.74) is 0. The van der Waals surface area contributed by atoms with Crippen molar-refractivity contribution in [3.05, 3.63) is 0 Å². The number of hydrogen-bond donors (Lipinski definition) is 0. The number of hydrogen-bond acceptors (Lipinski definition) is 4. The molecule has 1 atom stereocenters. The Labute approximate surface area is 140 Å². The lowest BCUT2D eigenvalue weighted by atomic mass is 10.1. The first kappa shape index (κ1) is 19.2. The molecule has 1 aliphatic heterocycles. The fourth-order valence-corrected chi connectivity index (χ4v) is 5.60. The summed E-state index contributed by atoms with van der Waals surface area (Å²) in [6, 6.07) is 0.0871. The van der Waals surface area contributed by atoms with Gasteiger partial charge < -0.3 is 4.90 Å². The number of rotatable bonds is 9. The zero-order chi connectivity index (χ0) is 15.7. The standard InChI is InChI=1S/C15H29NO2S3/c1-3-4-5-6-7-8-9-11-20-15(19)16(2)14-10-12-21(17,18)13-14/h14H,3-13H2,1-2H3. The van der Waals surface area contributed by atoms with Crippen molar-refractivity contribution in [1.82, 2.24) is 4.90 Å². The van der Waals surface area contributed by atoms with E-state index in [1.807, 2.05) is 11.9 Å². The highest BCUT2D eigenvalue weighted by molar-refractivity contribution is 8.22. The zero-order valence-corrected chi connectivity index (χ0v) is 15.8. The third-order valence-corrected chi connectivity index (χ3v) is 7.44. The second-order valence-electron chi connectivity index (χ2n) is 5.90. The second-order valence-corrected chi connectivity index (χ2v) is 9.86. The van der Waals surface area contributed by atoms with Crippen molar-refractivity contribution in [3.8, 4) is 0 Å². The van der Waals surface area contributed by atoms with E-state index in [1.54, 1.807) is 11.8 Å². The first-order valence-corrected chi connectivity index (χ1v) is 11.3. The molecule has 0 saturated carbocycles. The van der Waals surface area contributed by atoms with Crippen molar-refractivity contribution in [2.75, 3.05) is 24.3 Å². The third-order valence-electron chi connectivity index (χ3n) is 4.02. The minimum absolute atomic E-state index is 0.0871. The summed E-state index contributed by atoms with van der Waals surface area (Å²) >= 11 is 7.12. The van der Waals surface area contributed by atoms with Crippen LogP contribution in [0.4, 0.5) is 0 Å². The maximum atomic E-state index is 11.5. The Kier molecular flexibility index (Phi) is 9.21. The largest absolute Gasteiger partial charge is 0.357 e. The topological polar surface area (TPSA) is 37.4 Å². The zero-order valence-electron chi connectivity index (χ0n) is 13.3. The average Bonchev–Trinajstić information content (AvgIpc) is 2.81. The van der Waals surface area contributed by atoms with Gasteiger partial charge in [0, 0.05) is 18.8 Å². The molecule has 1 rings (SSSR count). The number of unbranched alkanes of at least 4 members (excludes halogenated alkanes) is 6. The molecule has 1 heterocycles. The molecule has 0 aromatic heterocycles. The summed E-state index contributed by atoms with van der Waals surface area (Å²) < 4.78 is 23.8. The van der Waals surface area contributed by atoms with Gasteiger partial charge in [-0.2, -0.15) is 0 Å². The van der Waals surface area contributed by atoms with E-state index in [4.69, 9.17) is 12.2 Å². The van der Waals surface area contributed by atoms with Crippen LogP contribution in [0.3, 0.4) is 0 Å². The lowest BCUT2D eigenvalue weighted by Gasteiger charge is -2.25. The summed E-state index contributed by atoms with van der Waals surface area (Å²) in [5.74, 6) is 1.63. The Bertz CT molecular complexity index is 409. The van der Waals surface area contributed by atoms with Crippen LogP contribution in [0.15, 0.2) is 0 Å². The van der Waals surface area contributed by atoms with Crippen LogP contribution in [-0.4, -0.2) is 48.0 Å². The van der Waals surface area contributed by atoms with E-state index in [-0.39, 0.29) is 11.8 Å². The van der Waals surface area contributed by atoms with E-state index < -0.39 is 9.84 Å². The van der Waals surface area contributed by atoms with Crippen LogP contribution >= 0.6 is 24.0 Å². The van der Waals surface area contributed by atoms with E-state index >= 15 is 0 Å². The van der Waals surface area contributed by atoms with Crippen LogP contribution in [0.2, 0.25) is 0 Å². The molecule has 1 aliphatic rings. The van der Waals surface area contributed by atoms with Gasteiger partial charge in [0.1, 0.15) is 4.32 Å². The molecule has 0 aromatic carbocycles. The highest BCUT2D eigenvalue weighted by atomic mass is 32.2. The Morgan fingerprint density at radius 3 is 2.38 bits per heavy atom. The molecule has 0 bridgehead atoms. The van der Waals surface area contributed by atoms with E-state index in [2.05, 4.69) is 6.92 Å². The number of nitrogens with zero attached hydrogens (tertiary/aromatic N) is 1. The van der Waals surface area contributed by atoms with Gasteiger partial charge >= 0.3 is 0 Å². The molecule has 0 N–H and O–H groups in total. The molecule has 1 fully saturated rings. The summed E-state index contributed by atoms with van der Waals surface area (Å²) in [7, 11) is -0.889. The molecule has 1 saturated heterocycles. The molecule has 6 heteroatoms. The van der Waals surface area contributed by atoms with E-state index in [0.717, 1.165) is 16.5 Å². The highest BCUT2D eigenvalue weighted by Crippen LogP contribution is 2.21. The highest BCUT2D eigenvalue weighted by Gasteiger charge is 2.31. The number of thiocarbonyl (C=S) groups is 1. The maximum Gasteiger partial charge on any atom is 0.152 e. The molecule has 0 aromatic rings. The van der Waals surface area contributed by atoms with Crippen molar-refractivity contribution in [3.63, 3.8) is 0 Å². The number of thioether (sulfide) groups is 1. The smallest absolute Gasteiger partial charge is 0.152 e. The molecule has 1 unspecified atom stereocenters. The van der Waals surface area contributed by atoms with Gasteiger partial charge in [-0.25, -0.2) is 8.42 Å². The van der Waals surface area contributed by atoms with Gasteiger partial charge in [0.05, 0.1) is 11.5 Å². The first-order valence-electron chi connectivity index (χ1n) is 8.06. The number of sulfone groups is 1. The summed E-state index contributed by atoms with van der Waals surface area (Å²) in [6.07, 6.45) is 9.89. The van der Waals surface area contributed by atoms with E-state index in [9.17, 15) is 8.42 Å². The molecule has 0 aliphatic carbocycles. The van der Waals surface area contributed by atoms with Crippen LogP contribution in [0, 0.1) is 0 Å². The molecule has 3 nitrogen and oxygen atoms in total. The molecule has 21 heavy (non-hydrogen) atoms. The molecule has 124 valence electrons. The summed E-state index contributed by atoms with van der Waals surface area (Å²) in [4.78, 5) is 1.99. The SMILES string of the molecule is CCCCCCCCCSC(=S)N(C)C1CCS(=O)(=O)C1. The summed E-state index contributed by atoms with van der Waals surface area (Å²) in [5, 5.41) is 0. The predicted molar refractivity (Wildman–Crippen MR) is 97.9 cm³/mol. The van der Waals surface area contributed by atoms with Crippen LogP contribution in [0.25, 0.3) is 0 Å². The molecule has 0 radical (unpaired) electrons. The third kappa shape index (κ3) is 7.84. The maximum absolute atomic E-state index is 11.5. The minimum Gasteiger partial charge on any atom is -0.357 e. The normalized spacial score (nSPS) is 20.6. The molecular formula is C15H29NO2S3. The van der Waals surface area contributed by atoms with Gasteiger partial charge in [0.2, 0.25) is 0 Å². The van der Waals surface area contributed by atoms with Crippen LogP contribution in [0.1, 0.15) is 58.3 Å². The van der Waals surface area contributed by atoms with Crippen LogP contribution in [0.5, 0.6) is 0 Å². The van der Waals surface area contributed by atoms with E-state index in [0.29, 0.717) is 5.75 Å². The quantitative estimate of drug-likeness (QED) is 0.465. The van der Waals surface area contributed by atoms with Gasteiger partial charge in [0.25, 0.3) is 0 Å². The van der Waals surface area contributed by atoms with Gasteiger partial charge in [-0.3, -0.25) is 0 Å². The first-order chi connectivity index (χ1) is 9.96. The van der Waals surface area contributed by atoms with Crippen LogP contribution in [-0.2, 0) is 9.84 Å². The Balaban J connectivity index is 2.08. The monoisotopic (exact) mass is 351 g/mol. The molecule has 0 amide bonds. The van der Waals surface area contributed by atoms with Crippen molar-refractivity contribution in [2.24, 2.45) is 0 Å². The fraction of sp³-hybridized carbons (Fsp3) is 0.933. The fourth-order valence-electron chi connectivity index (χ4n) is 2.55. The lowest BCUT2D eigenvalue weighted by Crippen LogP contribution is -2.35. The van der Waals surface area contributed by atoms with Crippen LogP contribution < -0.4 is 0 Å². The minimum atomic E-state index is -2.82. The van der Waals surface area contributed by atoms with Gasteiger partial charge in [-0.15, -0.1) is 0 Å². The van der Waals surface area contributed by atoms with Crippen molar-refractivity contribution in [1.29, 1.82) is 0 Å². The van der Waals surface area contributed by atoms with Crippen molar-refractivity contribution >= 4 is 38.1 Å². The van der Waals surface area contributed by atoms with Gasteiger partial charge in [-0.05, 0) is 12.8 Å². The van der Waals surface area contributed by atoms with Gasteiger partial charge in [0.15, 0.2) is 9.84 Å². The van der Waals surface area contributed by atoms with Crippen molar-refractivity contribution in [2.45, 2.75) is 64.3 Å². The molecular weight excluding hydrogens is 322 g/mol.